The molecule has 1 aromatic carbocycles. The number of rotatable bonds is 3. The second-order valence-electron chi connectivity index (χ2n) is 7.06. The van der Waals surface area contributed by atoms with E-state index in [9.17, 15) is 9.59 Å². The number of hydrogen-bond donors (Lipinski definition) is 3. The average Bonchev–Trinajstić information content (AvgIpc) is 2.49. The van der Waals surface area contributed by atoms with E-state index in [1.807, 2.05) is 12.1 Å². The van der Waals surface area contributed by atoms with Crippen molar-refractivity contribution in [2.75, 3.05) is 10.6 Å². The van der Waals surface area contributed by atoms with Crippen LogP contribution in [0.2, 0.25) is 0 Å². The van der Waals surface area contributed by atoms with Crippen molar-refractivity contribution in [3.63, 3.8) is 0 Å². The molecule has 0 heterocycles. The molecule has 0 saturated heterocycles. The lowest BCUT2D eigenvalue weighted by Gasteiger charge is -2.43. The Hall–Kier alpha value is -1.40. The third kappa shape index (κ3) is 3.81. The summed E-state index contributed by atoms with van der Waals surface area (Å²) in [5, 5.41) is 5.77. The van der Waals surface area contributed by atoms with Gasteiger partial charge >= 0.3 is 0 Å². The standard InChI is InChI=1S/C18H24BrN3O2/c1-10(23)21-15-6-5-14(19)9-16(15)22-18(24)13-7-11-3-2-4-12(8-13)17(11)20/h5-6,9,11-13,17H,2-4,7-8,20H2,1H3,(H,21,23)(H,22,24). The van der Waals surface area contributed by atoms with Gasteiger partial charge in [0.05, 0.1) is 11.4 Å². The van der Waals surface area contributed by atoms with Crippen LogP contribution in [0.5, 0.6) is 0 Å². The minimum absolute atomic E-state index is 0.00394. The summed E-state index contributed by atoms with van der Waals surface area (Å²) in [6.07, 6.45) is 5.24. The predicted molar refractivity (Wildman–Crippen MR) is 98.6 cm³/mol. The summed E-state index contributed by atoms with van der Waals surface area (Å²) in [7, 11) is 0. The van der Waals surface area contributed by atoms with E-state index in [0.29, 0.717) is 23.2 Å². The Morgan fingerprint density at radius 2 is 1.79 bits per heavy atom. The van der Waals surface area contributed by atoms with E-state index in [1.54, 1.807) is 6.07 Å². The number of fused-ring (bicyclic) bond motifs is 2. The van der Waals surface area contributed by atoms with Gasteiger partial charge in [-0.2, -0.15) is 0 Å². The van der Waals surface area contributed by atoms with Crippen LogP contribution in [0.3, 0.4) is 0 Å². The number of benzene rings is 1. The predicted octanol–water partition coefficient (Wildman–Crippen LogP) is 3.50. The Morgan fingerprint density at radius 3 is 2.42 bits per heavy atom. The van der Waals surface area contributed by atoms with Crippen LogP contribution in [0.25, 0.3) is 0 Å². The fraction of sp³-hybridized carbons (Fsp3) is 0.556. The molecule has 4 N–H and O–H groups in total. The van der Waals surface area contributed by atoms with Crippen LogP contribution in [0.4, 0.5) is 11.4 Å². The molecule has 2 saturated carbocycles. The molecule has 24 heavy (non-hydrogen) atoms. The zero-order valence-electron chi connectivity index (χ0n) is 13.8. The van der Waals surface area contributed by atoms with Gasteiger partial charge in [-0.15, -0.1) is 0 Å². The number of hydrogen-bond acceptors (Lipinski definition) is 3. The molecule has 2 amide bonds. The molecule has 0 aliphatic heterocycles. The summed E-state index contributed by atoms with van der Waals surface area (Å²) in [5.41, 5.74) is 7.56. The molecule has 6 heteroatoms. The smallest absolute Gasteiger partial charge is 0.227 e. The lowest BCUT2D eigenvalue weighted by molar-refractivity contribution is -0.122. The number of nitrogens with two attached hydrogens (primary N) is 1. The van der Waals surface area contributed by atoms with Gasteiger partial charge in [0.15, 0.2) is 0 Å². The summed E-state index contributed by atoms with van der Waals surface area (Å²) in [6, 6.07) is 5.69. The summed E-state index contributed by atoms with van der Waals surface area (Å²) in [4.78, 5) is 24.1. The van der Waals surface area contributed by atoms with Gasteiger partial charge in [0.2, 0.25) is 11.8 Å². The van der Waals surface area contributed by atoms with E-state index in [0.717, 1.165) is 30.2 Å². The van der Waals surface area contributed by atoms with Gasteiger partial charge in [-0.1, -0.05) is 22.4 Å². The maximum absolute atomic E-state index is 12.8. The van der Waals surface area contributed by atoms with E-state index >= 15 is 0 Å². The lowest BCUT2D eigenvalue weighted by Crippen LogP contribution is -2.48. The minimum atomic E-state index is -0.161. The van der Waals surface area contributed by atoms with Gasteiger partial charge in [-0.05, 0) is 55.7 Å². The maximum atomic E-state index is 12.8. The highest BCUT2D eigenvalue weighted by Gasteiger charge is 2.40. The van der Waals surface area contributed by atoms with E-state index in [4.69, 9.17) is 5.73 Å². The molecule has 130 valence electrons. The van der Waals surface area contributed by atoms with Gasteiger partial charge in [0.1, 0.15) is 0 Å². The molecule has 0 spiro atoms. The number of nitrogens with one attached hydrogen (secondary N) is 2. The fourth-order valence-electron chi connectivity index (χ4n) is 4.16. The molecule has 2 atom stereocenters. The van der Waals surface area contributed by atoms with Gasteiger partial charge < -0.3 is 16.4 Å². The Morgan fingerprint density at radius 1 is 1.12 bits per heavy atom. The molecule has 0 aromatic heterocycles. The van der Waals surface area contributed by atoms with Gasteiger partial charge in [0, 0.05) is 23.4 Å². The first kappa shape index (κ1) is 17.4. The maximum Gasteiger partial charge on any atom is 0.227 e. The van der Waals surface area contributed by atoms with E-state index in [-0.39, 0.29) is 23.8 Å². The van der Waals surface area contributed by atoms with Crippen molar-refractivity contribution in [2.45, 2.75) is 45.1 Å². The van der Waals surface area contributed by atoms with Crippen molar-refractivity contribution in [3.05, 3.63) is 22.7 Å². The second-order valence-corrected chi connectivity index (χ2v) is 7.97. The summed E-state index contributed by atoms with van der Waals surface area (Å²) < 4.78 is 0.856. The van der Waals surface area contributed by atoms with E-state index in [2.05, 4.69) is 26.6 Å². The van der Waals surface area contributed by atoms with Gasteiger partial charge in [-0.3, -0.25) is 9.59 Å². The molecule has 2 aliphatic carbocycles. The highest BCUT2D eigenvalue weighted by molar-refractivity contribution is 9.10. The van der Waals surface area contributed by atoms with Crippen molar-refractivity contribution in [1.82, 2.24) is 0 Å². The largest absolute Gasteiger partial charge is 0.327 e. The zero-order chi connectivity index (χ0) is 17.3. The first-order chi connectivity index (χ1) is 11.4. The Labute approximate surface area is 150 Å². The van der Waals surface area contributed by atoms with Crippen LogP contribution in [0, 0.1) is 17.8 Å². The fourth-order valence-corrected chi connectivity index (χ4v) is 4.52. The van der Waals surface area contributed by atoms with Crippen LogP contribution in [-0.4, -0.2) is 17.9 Å². The SMILES string of the molecule is CC(=O)Nc1ccc(Br)cc1NC(=O)C1CC2CCCC(C1)C2N. The van der Waals surface area contributed by atoms with Crippen molar-refractivity contribution < 1.29 is 9.59 Å². The van der Waals surface area contributed by atoms with Crippen molar-refractivity contribution in [2.24, 2.45) is 23.5 Å². The van der Waals surface area contributed by atoms with E-state index < -0.39 is 0 Å². The molecule has 2 bridgehead atoms. The van der Waals surface area contributed by atoms with Crippen LogP contribution in [0.15, 0.2) is 22.7 Å². The molecular weight excluding hydrogens is 370 g/mol. The van der Waals surface area contributed by atoms with Crippen LogP contribution >= 0.6 is 15.9 Å². The third-order valence-corrected chi connectivity index (χ3v) is 5.83. The number of halogens is 1. The molecular formula is C18H24BrN3O2. The first-order valence-electron chi connectivity index (χ1n) is 8.57. The van der Waals surface area contributed by atoms with Crippen molar-refractivity contribution in [1.29, 1.82) is 0 Å². The van der Waals surface area contributed by atoms with Crippen molar-refractivity contribution >= 4 is 39.1 Å². The normalized spacial score (nSPS) is 29.0. The molecule has 2 aliphatic rings. The third-order valence-electron chi connectivity index (χ3n) is 5.33. The average molecular weight is 394 g/mol. The van der Waals surface area contributed by atoms with Crippen molar-refractivity contribution in [3.8, 4) is 0 Å². The van der Waals surface area contributed by atoms with E-state index in [1.165, 1.54) is 13.3 Å². The van der Waals surface area contributed by atoms with Crippen LogP contribution < -0.4 is 16.4 Å². The lowest BCUT2D eigenvalue weighted by atomic mass is 9.65. The Bertz CT molecular complexity index is 635. The van der Waals surface area contributed by atoms with Crippen LogP contribution in [0.1, 0.15) is 39.0 Å². The second kappa shape index (κ2) is 7.23. The molecule has 5 nitrogen and oxygen atoms in total. The topological polar surface area (TPSA) is 84.2 Å². The highest BCUT2D eigenvalue weighted by Crippen LogP contribution is 2.42. The molecule has 1 aromatic rings. The molecule has 2 unspecified atom stereocenters. The molecule has 3 rings (SSSR count). The minimum Gasteiger partial charge on any atom is -0.327 e. The first-order valence-corrected chi connectivity index (χ1v) is 9.37. The Kier molecular flexibility index (Phi) is 5.25. The number of amides is 2. The number of carbonyl (C=O) groups is 2. The summed E-state index contributed by atoms with van der Waals surface area (Å²) >= 11 is 3.42. The summed E-state index contributed by atoms with van der Waals surface area (Å²) in [5.74, 6) is 0.801. The van der Waals surface area contributed by atoms with Gasteiger partial charge in [0.25, 0.3) is 0 Å². The quantitative estimate of drug-likeness (QED) is 0.734. The highest BCUT2D eigenvalue weighted by atomic mass is 79.9. The number of carbonyl (C=O) groups excluding carboxylic acids is 2. The monoisotopic (exact) mass is 393 g/mol. The summed E-state index contributed by atoms with van der Waals surface area (Å²) in [6.45, 7) is 1.46. The zero-order valence-corrected chi connectivity index (χ0v) is 15.4. The molecule has 2 fully saturated rings. The molecule has 0 radical (unpaired) electrons. The van der Waals surface area contributed by atoms with Crippen LogP contribution in [-0.2, 0) is 9.59 Å². The Balaban J connectivity index is 1.73. The van der Waals surface area contributed by atoms with Gasteiger partial charge in [-0.25, -0.2) is 0 Å². The number of anilines is 2.